The molecule has 0 aromatic heterocycles. The molecule has 0 saturated carbocycles. The number of aromatic carboxylic acids is 1. The first-order chi connectivity index (χ1) is 11.1. The zero-order valence-electron chi connectivity index (χ0n) is 12.9. The molecule has 2 aromatic carbocycles. The van der Waals surface area contributed by atoms with Crippen molar-refractivity contribution in [1.82, 2.24) is 0 Å². The third-order valence-electron chi connectivity index (χ3n) is 3.30. The molecular weight excluding hydrogens is 294 g/mol. The smallest absolute Gasteiger partial charge is 0.411 e. The van der Waals surface area contributed by atoms with Gasteiger partial charge in [0, 0.05) is 0 Å². The van der Waals surface area contributed by atoms with E-state index in [4.69, 9.17) is 4.74 Å². The Balaban J connectivity index is 2.03. The van der Waals surface area contributed by atoms with Gasteiger partial charge in [0.2, 0.25) is 0 Å². The third-order valence-corrected chi connectivity index (χ3v) is 3.30. The van der Waals surface area contributed by atoms with Gasteiger partial charge in [0.25, 0.3) is 0 Å². The van der Waals surface area contributed by atoms with Gasteiger partial charge >= 0.3 is 12.1 Å². The van der Waals surface area contributed by atoms with Gasteiger partial charge in [-0.15, -0.1) is 0 Å². The molecule has 0 aliphatic carbocycles. The zero-order chi connectivity index (χ0) is 16.7. The fraction of sp³-hybridized carbons (Fsp3) is 0.222. The van der Waals surface area contributed by atoms with Gasteiger partial charge in [0.05, 0.1) is 11.3 Å². The van der Waals surface area contributed by atoms with Crippen LogP contribution in [0.15, 0.2) is 48.5 Å². The minimum Gasteiger partial charge on any atom is -0.478 e. The van der Waals surface area contributed by atoms with E-state index in [-0.39, 0.29) is 17.9 Å². The number of hydrogen-bond acceptors (Lipinski definition) is 3. The number of nitrogens with one attached hydrogen (secondary N) is 1. The summed E-state index contributed by atoms with van der Waals surface area (Å²) in [6, 6.07) is 14.3. The summed E-state index contributed by atoms with van der Waals surface area (Å²) in [6.07, 6.45) is 1.03. The summed E-state index contributed by atoms with van der Waals surface area (Å²) < 4.78 is 5.10. The molecule has 5 heteroatoms. The standard InChI is InChI=1S/C18H19NO4/c1-2-6-13-9-10-16(15(11-13)17(20)21)19-18(22)23-12-14-7-4-3-5-8-14/h3-5,7-11H,2,6,12H2,1H3,(H,19,22)(H,20,21). The highest BCUT2D eigenvalue weighted by atomic mass is 16.5. The van der Waals surface area contributed by atoms with E-state index in [1.165, 1.54) is 0 Å². The predicted octanol–water partition coefficient (Wildman–Crippen LogP) is 4.09. The van der Waals surface area contributed by atoms with Crippen LogP contribution in [-0.2, 0) is 17.8 Å². The molecule has 0 spiro atoms. The number of carboxylic acids is 1. The van der Waals surface area contributed by atoms with Crippen LogP contribution in [-0.4, -0.2) is 17.2 Å². The Morgan fingerprint density at radius 1 is 1.09 bits per heavy atom. The van der Waals surface area contributed by atoms with Crippen LogP contribution in [0.3, 0.4) is 0 Å². The largest absolute Gasteiger partial charge is 0.478 e. The number of aryl methyl sites for hydroxylation is 1. The monoisotopic (exact) mass is 313 g/mol. The Bertz CT molecular complexity index is 683. The van der Waals surface area contributed by atoms with E-state index in [2.05, 4.69) is 5.32 Å². The van der Waals surface area contributed by atoms with Crippen LogP contribution in [0, 0.1) is 0 Å². The molecule has 0 unspecified atom stereocenters. The number of benzene rings is 2. The average molecular weight is 313 g/mol. The maximum absolute atomic E-state index is 11.8. The lowest BCUT2D eigenvalue weighted by atomic mass is 10.1. The molecule has 23 heavy (non-hydrogen) atoms. The lowest BCUT2D eigenvalue weighted by molar-refractivity contribution is 0.0698. The van der Waals surface area contributed by atoms with E-state index in [9.17, 15) is 14.7 Å². The Morgan fingerprint density at radius 2 is 1.83 bits per heavy atom. The topological polar surface area (TPSA) is 75.6 Å². The van der Waals surface area contributed by atoms with Gasteiger partial charge in [-0.05, 0) is 29.7 Å². The summed E-state index contributed by atoms with van der Waals surface area (Å²) >= 11 is 0. The van der Waals surface area contributed by atoms with Crippen LogP contribution < -0.4 is 5.32 Å². The quantitative estimate of drug-likeness (QED) is 0.842. The summed E-state index contributed by atoms with van der Waals surface area (Å²) in [6.45, 7) is 2.15. The molecule has 0 heterocycles. The average Bonchev–Trinajstić information content (AvgIpc) is 2.55. The normalized spacial score (nSPS) is 10.1. The minimum atomic E-state index is -1.08. The molecule has 0 fully saturated rings. The lowest BCUT2D eigenvalue weighted by Crippen LogP contribution is -2.16. The van der Waals surface area contributed by atoms with Gasteiger partial charge in [-0.3, -0.25) is 5.32 Å². The number of carbonyl (C=O) groups is 2. The van der Waals surface area contributed by atoms with Crippen molar-refractivity contribution in [3.05, 3.63) is 65.2 Å². The van der Waals surface area contributed by atoms with E-state index in [1.807, 2.05) is 43.3 Å². The number of hydrogen-bond donors (Lipinski definition) is 2. The van der Waals surface area contributed by atoms with Crippen molar-refractivity contribution in [3.8, 4) is 0 Å². The maximum atomic E-state index is 11.8. The van der Waals surface area contributed by atoms with Crippen molar-refractivity contribution in [2.24, 2.45) is 0 Å². The van der Waals surface area contributed by atoms with E-state index in [1.54, 1.807) is 12.1 Å². The van der Waals surface area contributed by atoms with Gasteiger partial charge in [0.1, 0.15) is 6.61 Å². The van der Waals surface area contributed by atoms with Gasteiger partial charge in [-0.25, -0.2) is 9.59 Å². The number of carbonyl (C=O) groups excluding carboxylic acids is 1. The molecule has 2 rings (SSSR count). The Kier molecular flexibility index (Phi) is 5.74. The molecule has 2 N–H and O–H groups in total. The Labute approximate surface area is 134 Å². The fourth-order valence-electron chi connectivity index (χ4n) is 2.19. The summed E-state index contributed by atoms with van der Waals surface area (Å²) in [5.74, 6) is -1.08. The molecule has 0 aliphatic heterocycles. The highest BCUT2D eigenvalue weighted by Gasteiger charge is 2.14. The predicted molar refractivity (Wildman–Crippen MR) is 87.6 cm³/mol. The van der Waals surface area contributed by atoms with Crippen LogP contribution in [0.2, 0.25) is 0 Å². The zero-order valence-corrected chi connectivity index (χ0v) is 12.9. The molecule has 0 bridgehead atoms. The molecule has 0 saturated heterocycles. The van der Waals surface area contributed by atoms with Crippen LogP contribution in [0.25, 0.3) is 0 Å². The van der Waals surface area contributed by atoms with E-state index in [0.29, 0.717) is 0 Å². The second-order valence-electron chi connectivity index (χ2n) is 5.12. The van der Waals surface area contributed by atoms with Crippen LogP contribution in [0.1, 0.15) is 34.8 Å². The highest BCUT2D eigenvalue weighted by molar-refractivity contribution is 5.98. The second-order valence-corrected chi connectivity index (χ2v) is 5.12. The van der Waals surface area contributed by atoms with Crippen LogP contribution in [0.5, 0.6) is 0 Å². The summed E-state index contributed by atoms with van der Waals surface area (Å²) in [5, 5.41) is 11.8. The lowest BCUT2D eigenvalue weighted by Gasteiger charge is -2.11. The summed E-state index contributed by atoms with van der Waals surface area (Å²) in [4.78, 5) is 23.2. The van der Waals surface area contributed by atoms with Gasteiger partial charge in [-0.2, -0.15) is 0 Å². The van der Waals surface area contributed by atoms with Crippen LogP contribution in [0.4, 0.5) is 10.5 Å². The molecule has 0 atom stereocenters. The van der Waals surface area contributed by atoms with E-state index < -0.39 is 12.1 Å². The van der Waals surface area contributed by atoms with Crippen LogP contribution >= 0.6 is 0 Å². The molecular formula is C18H19NO4. The Morgan fingerprint density at radius 3 is 2.48 bits per heavy atom. The first-order valence-electron chi connectivity index (χ1n) is 7.44. The SMILES string of the molecule is CCCc1ccc(NC(=O)OCc2ccccc2)c(C(=O)O)c1. The van der Waals surface area contributed by atoms with Crippen molar-refractivity contribution in [2.45, 2.75) is 26.4 Å². The molecule has 5 nitrogen and oxygen atoms in total. The maximum Gasteiger partial charge on any atom is 0.411 e. The van der Waals surface area contributed by atoms with Gasteiger partial charge < -0.3 is 9.84 Å². The summed E-state index contributed by atoms with van der Waals surface area (Å²) in [5.41, 5.74) is 2.08. The molecule has 2 aromatic rings. The number of carboxylic acid groups (broad SMARTS) is 1. The molecule has 1 amide bonds. The number of anilines is 1. The highest BCUT2D eigenvalue weighted by Crippen LogP contribution is 2.19. The van der Waals surface area contributed by atoms with Crippen molar-refractivity contribution >= 4 is 17.7 Å². The first-order valence-corrected chi connectivity index (χ1v) is 7.44. The first kappa shape index (κ1) is 16.5. The summed E-state index contributed by atoms with van der Waals surface area (Å²) in [7, 11) is 0. The van der Waals surface area contributed by atoms with Crippen molar-refractivity contribution in [3.63, 3.8) is 0 Å². The third kappa shape index (κ3) is 4.85. The van der Waals surface area contributed by atoms with E-state index >= 15 is 0 Å². The second kappa shape index (κ2) is 7.98. The van der Waals surface area contributed by atoms with Crippen molar-refractivity contribution < 1.29 is 19.4 Å². The van der Waals surface area contributed by atoms with Crippen molar-refractivity contribution in [1.29, 1.82) is 0 Å². The molecule has 0 aliphatic rings. The Hall–Kier alpha value is -2.82. The minimum absolute atomic E-state index is 0.0626. The fourth-order valence-corrected chi connectivity index (χ4v) is 2.19. The van der Waals surface area contributed by atoms with Gasteiger partial charge in [0.15, 0.2) is 0 Å². The number of amides is 1. The molecule has 0 radical (unpaired) electrons. The number of ether oxygens (including phenoxy) is 1. The van der Waals surface area contributed by atoms with Crippen molar-refractivity contribution in [2.75, 3.05) is 5.32 Å². The molecule has 120 valence electrons. The van der Waals surface area contributed by atoms with E-state index in [0.717, 1.165) is 24.0 Å². The van der Waals surface area contributed by atoms with Gasteiger partial charge in [-0.1, -0.05) is 49.7 Å². The number of rotatable bonds is 6.